The van der Waals surface area contributed by atoms with Gasteiger partial charge in [0.25, 0.3) is 0 Å². The molecule has 26 heavy (non-hydrogen) atoms. The molecule has 0 heterocycles. The van der Waals surface area contributed by atoms with Crippen LogP contribution in [0.4, 0.5) is 0 Å². The van der Waals surface area contributed by atoms with Crippen molar-refractivity contribution >= 4 is 29.7 Å². The van der Waals surface area contributed by atoms with Crippen LogP contribution in [0.15, 0.2) is 0 Å². The van der Waals surface area contributed by atoms with Crippen molar-refractivity contribution in [2.75, 3.05) is 13.2 Å². The number of hydrogen-bond acceptors (Lipinski definition) is 7. The molecule has 0 aliphatic carbocycles. The molecule has 148 valence electrons. The third-order valence-corrected chi connectivity index (χ3v) is 3.22. The van der Waals surface area contributed by atoms with E-state index in [1.807, 2.05) is 0 Å². The molecule has 3 atom stereocenters. The normalized spacial score (nSPS) is 14.0. The molecular weight excluding hydrogens is 352 g/mol. The van der Waals surface area contributed by atoms with E-state index in [9.17, 15) is 29.1 Å². The summed E-state index contributed by atoms with van der Waals surface area (Å²) in [4.78, 5) is 56.7. The van der Waals surface area contributed by atoms with Gasteiger partial charge in [0.15, 0.2) is 0 Å². The van der Waals surface area contributed by atoms with Crippen molar-refractivity contribution in [1.29, 1.82) is 0 Å². The molecule has 0 rings (SSSR count). The summed E-state index contributed by atoms with van der Waals surface area (Å²) in [5.74, 6) is -5.62. The number of aliphatic hydroxyl groups is 1. The fraction of sp³-hybridized carbons (Fsp3) is 0.643. The topological polar surface area (TPSA) is 208 Å². The number of carbonyl (C=O) groups is 5. The van der Waals surface area contributed by atoms with Crippen molar-refractivity contribution in [2.24, 2.45) is 11.7 Å². The summed E-state index contributed by atoms with van der Waals surface area (Å²) >= 11 is 0. The van der Waals surface area contributed by atoms with Crippen molar-refractivity contribution in [2.45, 2.75) is 38.4 Å². The fourth-order valence-corrected chi connectivity index (χ4v) is 1.79. The first-order valence-electron chi connectivity index (χ1n) is 7.68. The molecule has 0 saturated heterocycles. The van der Waals surface area contributed by atoms with Crippen LogP contribution < -0.4 is 21.7 Å². The highest BCUT2D eigenvalue weighted by Gasteiger charge is 2.28. The smallest absolute Gasteiger partial charge is 0.326 e. The third kappa shape index (κ3) is 8.39. The Morgan fingerprint density at radius 3 is 2.00 bits per heavy atom. The highest BCUT2D eigenvalue weighted by Crippen LogP contribution is 2.02. The van der Waals surface area contributed by atoms with Gasteiger partial charge in [-0.05, 0) is 5.92 Å². The second-order valence-electron chi connectivity index (χ2n) is 5.79. The Labute approximate surface area is 149 Å². The SMILES string of the molecule is CC(C)C(NC(=O)C(CO)NC(=O)CNC(=O)C(N)CC(=O)O)C(=O)O. The van der Waals surface area contributed by atoms with Crippen molar-refractivity contribution in [1.82, 2.24) is 16.0 Å². The Morgan fingerprint density at radius 1 is 1.00 bits per heavy atom. The minimum Gasteiger partial charge on any atom is -0.481 e. The van der Waals surface area contributed by atoms with Crippen molar-refractivity contribution in [3.8, 4) is 0 Å². The number of nitrogens with two attached hydrogens (primary N) is 1. The van der Waals surface area contributed by atoms with E-state index in [0.717, 1.165) is 0 Å². The van der Waals surface area contributed by atoms with Gasteiger partial charge in [0.2, 0.25) is 17.7 Å². The van der Waals surface area contributed by atoms with Crippen molar-refractivity contribution in [3.05, 3.63) is 0 Å². The molecule has 3 amide bonds. The van der Waals surface area contributed by atoms with E-state index in [2.05, 4.69) is 16.0 Å². The fourth-order valence-electron chi connectivity index (χ4n) is 1.79. The summed E-state index contributed by atoms with van der Waals surface area (Å²) < 4.78 is 0. The number of hydrogen-bond donors (Lipinski definition) is 7. The first-order chi connectivity index (χ1) is 12.0. The minimum atomic E-state index is -1.42. The van der Waals surface area contributed by atoms with Gasteiger partial charge >= 0.3 is 11.9 Å². The Kier molecular flexibility index (Phi) is 9.84. The van der Waals surface area contributed by atoms with Crippen LogP contribution in [0.1, 0.15) is 20.3 Å². The number of amides is 3. The number of rotatable bonds is 11. The number of aliphatic hydroxyl groups excluding tert-OH is 1. The maximum atomic E-state index is 12.0. The average Bonchev–Trinajstić information content (AvgIpc) is 2.53. The van der Waals surface area contributed by atoms with Crippen molar-refractivity contribution in [3.63, 3.8) is 0 Å². The van der Waals surface area contributed by atoms with Gasteiger partial charge in [0.1, 0.15) is 12.1 Å². The van der Waals surface area contributed by atoms with E-state index in [1.54, 1.807) is 13.8 Å². The van der Waals surface area contributed by atoms with Crippen LogP contribution in [0.5, 0.6) is 0 Å². The maximum Gasteiger partial charge on any atom is 0.326 e. The highest BCUT2D eigenvalue weighted by molar-refractivity contribution is 5.93. The van der Waals surface area contributed by atoms with Crippen LogP contribution in [0, 0.1) is 5.92 Å². The predicted octanol–water partition coefficient (Wildman–Crippen LogP) is -3.39. The Morgan fingerprint density at radius 2 is 1.58 bits per heavy atom. The summed E-state index contributed by atoms with van der Waals surface area (Å²) in [6.07, 6.45) is -0.624. The second kappa shape index (κ2) is 11.0. The Bertz CT molecular complexity index is 551. The number of nitrogens with one attached hydrogen (secondary N) is 3. The van der Waals surface area contributed by atoms with Gasteiger partial charge in [-0.3, -0.25) is 19.2 Å². The zero-order valence-electron chi connectivity index (χ0n) is 14.4. The Balaban J connectivity index is 4.59. The predicted molar refractivity (Wildman–Crippen MR) is 86.7 cm³/mol. The molecule has 0 radical (unpaired) electrons. The first-order valence-corrected chi connectivity index (χ1v) is 7.68. The lowest BCUT2D eigenvalue weighted by molar-refractivity contribution is -0.143. The lowest BCUT2D eigenvalue weighted by atomic mass is 10.0. The van der Waals surface area contributed by atoms with Gasteiger partial charge in [-0.25, -0.2) is 4.79 Å². The molecule has 0 aromatic carbocycles. The molecule has 0 aromatic heterocycles. The number of aliphatic carboxylic acids is 2. The van der Waals surface area contributed by atoms with Crippen LogP contribution in [0.2, 0.25) is 0 Å². The standard InChI is InChI=1S/C14H24N4O8/c1-6(2)11(14(25)26)18-13(24)8(5-19)17-9(20)4-16-12(23)7(15)3-10(21)22/h6-8,11,19H,3-5,15H2,1-2H3,(H,16,23)(H,17,20)(H,18,24)(H,21,22)(H,25,26). The quantitative estimate of drug-likeness (QED) is 0.191. The summed E-state index contributed by atoms with van der Waals surface area (Å²) in [7, 11) is 0. The monoisotopic (exact) mass is 376 g/mol. The molecule has 8 N–H and O–H groups in total. The molecule has 0 aliphatic heterocycles. The van der Waals surface area contributed by atoms with Gasteiger partial charge in [-0.15, -0.1) is 0 Å². The molecule has 0 aromatic rings. The van der Waals surface area contributed by atoms with Gasteiger partial charge in [0.05, 0.1) is 25.6 Å². The van der Waals surface area contributed by atoms with Crippen LogP contribution in [0.3, 0.4) is 0 Å². The summed E-state index contributed by atoms with van der Waals surface area (Å²) in [6, 6.07) is -3.98. The molecule has 12 nitrogen and oxygen atoms in total. The van der Waals surface area contributed by atoms with Gasteiger partial charge in [0, 0.05) is 0 Å². The highest BCUT2D eigenvalue weighted by atomic mass is 16.4. The summed E-state index contributed by atoms with van der Waals surface area (Å²) in [5.41, 5.74) is 5.31. The van der Waals surface area contributed by atoms with E-state index in [0.29, 0.717) is 0 Å². The first kappa shape index (κ1) is 23.3. The number of carboxylic acids is 2. The minimum absolute atomic E-state index is 0.429. The number of carboxylic acid groups (broad SMARTS) is 2. The number of carbonyl (C=O) groups excluding carboxylic acids is 3. The zero-order valence-corrected chi connectivity index (χ0v) is 14.4. The Hall–Kier alpha value is -2.73. The maximum absolute atomic E-state index is 12.0. The molecule has 0 saturated carbocycles. The molecule has 0 spiro atoms. The van der Waals surface area contributed by atoms with E-state index < -0.39 is 73.3 Å². The van der Waals surface area contributed by atoms with Crippen molar-refractivity contribution < 1.29 is 39.3 Å². The molecular formula is C14H24N4O8. The van der Waals surface area contributed by atoms with Crippen LogP contribution in [-0.4, -0.2) is 76.3 Å². The van der Waals surface area contributed by atoms with Gasteiger partial charge in [-0.2, -0.15) is 0 Å². The lowest BCUT2D eigenvalue weighted by Gasteiger charge is -2.22. The summed E-state index contributed by atoms with van der Waals surface area (Å²) in [6.45, 7) is 1.74. The van der Waals surface area contributed by atoms with E-state index in [1.165, 1.54) is 0 Å². The lowest BCUT2D eigenvalue weighted by Crippen LogP contribution is -2.56. The zero-order chi connectivity index (χ0) is 20.4. The summed E-state index contributed by atoms with van der Waals surface area (Å²) in [5, 5.41) is 33.1. The molecule has 0 aliphatic rings. The third-order valence-electron chi connectivity index (χ3n) is 3.22. The van der Waals surface area contributed by atoms with E-state index >= 15 is 0 Å². The van der Waals surface area contributed by atoms with Gasteiger partial charge < -0.3 is 37.0 Å². The second-order valence-corrected chi connectivity index (χ2v) is 5.79. The average molecular weight is 376 g/mol. The van der Waals surface area contributed by atoms with E-state index in [4.69, 9.17) is 15.9 Å². The molecule has 0 fully saturated rings. The van der Waals surface area contributed by atoms with E-state index in [-0.39, 0.29) is 0 Å². The largest absolute Gasteiger partial charge is 0.481 e. The molecule has 0 bridgehead atoms. The molecule has 12 heteroatoms. The van der Waals surface area contributed by atoms with Crippen LogP contribution in [-0.2, 0) is 24.0 Å². The van der Waals surface area contributed by atoms with Crippen LogP contribution in [0.25, 0.3) is 0 Å². The van der Waals surface area contributed by atoms with Gasteiger partial charge in [-0.1, -0.05) is 13.8 Å². The van der Waals surface area contributed by atoms with Crippen LogP contribution >= 0.6 is 0 Å². The molecule has 3 unspecified atom stereocenters.